The van der Waals surface area contributed by atoms with Gasteiger partial charge in [0.15, 0.2) is 0 Å². The Morgan fingerprint density at radius 2 is 1.82 bits per heavy atom. The molecule has 9 heteroatoms. The van der Waals surface area contributed by atoms with E-state index in [0.29, 0.717) is 41.1 Å². The quantitative estimate of drug-likeness (QED) is 0.432. The SMILES string of the molecule is Cc1nc(-c2ccc(C)c(-n3cc(C(=O)N4CCN(c5cccc(Cl)c5)CC4)c(C)n3)c2)no1. The Hall–Kier alpha value is -3.65. The lowest BCUT2D eigenvalue weighted by Crippen LogP contribution is -2.48. The minimum atomic E-state index is -0.00269. The monoisotopic (exact) mass is 476 g/mol. The van der Waals surface area contributed by atoms with Gasteiger partial charge in [-0.3, -0.25) is 4.79 Å². The highest BCUT2D eigenvalue weighted by atomic mass is 35.5. The van der Waals surface area contributed by atoms with Gasteiger partial charge in [-0.25, -0.2) is 4.68 Å². The van der Waals surface area contributed by atoms with Crippen molar-refractivity contribution in [2.75, 3.05) is 31.1 Å². The number of aromatic nitrogens is 4. The Morgan fingerprint density at radius 1 is 1.03 bits per heavy atom. The second kappa shape index (κ2) is 8.95. The van der Waals surface area contributed by atoms with Gasteiger partial charge in [-0.2, -0.15) is 10.1 Å². The number of anilines is 1. The summed E-state index contributed by atoms with van der Waals surface area (Å²) in [5, 5.41) is 9.37. The minimum Gasteiger partial charge on any atom is -0.368 e. The van der Waals surface area contributed by atoms with Gasteiger partial charge < -0.3 is 14.3 Å². The van der Waals surface area contributed by atoms with E-state index in [9.17, 15) is 4.79 Å². The summed E-state index contributed by atoms with van der Waals surface area (Å²) in [4.78, 5) is 21.8. The van der Waals surface area contributed by atoms with E-state index in [1.807, 2.05) is 67.4 Å². The van der Waals surface area contributed by atoms with Crippen molar-refractivity contribution in [3.05, 3.63) is 76.4 Å². The van der Waals surface area contributed by atoms with Crippen LogP contribution in [0.3, 0.4) is 0 Å². The van der Waals surface area contributed by atoms with Gasteiger partial charge in [-0.15, -0.1) is 0 Å². The maximum Gasteiger partial charge on any atom is 0.257 e. The second-order valence-electron chi connectivity index (χ2n) is 8.47. The molecule has 5 rings (SSSR count). The Kier molecular flexibility index (Phi) is 5.83. The molecule has 0 atom stereocenters. The van der Waals surface area contributed by atoms with E-state index in [2.05, 4.69) is 20.1 Å². The summed E-state index contributed by atoms with van der Waals surface area (Å²) in [6.07, 6.45) is 1.81. The number of carbonyl (C=O) groups excluding carboxylic acids is 1. The van der Waals surface area contributed by atoms with Crippen LogP contribution in [0.4, 0.5) is 5.69 Å². The Morgan fingerprint density at radius 3 is 2.53 bits per heavy atom. The summed E-state index contributed by atoms with van der Waals surface area (Å²) < 4.78 is 6.87. The van der Waals surface area contributed by atoms with Crippen molar-refractivity contribution in [2.24, 2.45) is 0 Å². The number of piperazine rings is 1. The van der Waals surface area contributed by atoms with Crippen molar-refractivity contribution in [1.82, 2.24) is 24.8 Å². The van der Waals surface area contributed by atoms with Crippen molar-refractivity contribution < 1.29 is 9.32 Å². The van der Waals surface area contributed by atoms with E-state index < -0.39 is 0 Å². The molecule has 0 radical (unpaired) electrons. The third kappa shape index (κ3) is 4.28. The Labute approximate surface area is 202 Å². The first-order valence-electron chi connectivity index (χ1n) is 11.2. The van der Waals surface area contributed by atoms with E-state index in [-0.39, 0.29) is 5.91 Å². The van der Waals surface area contributed by atoms with Gasteiger partial charge in [0, 0.05) is 55.6 Å². The molecule has 0 saturated carbocycles. The number of halogens is 1. The predicted octanol–water partition coefficient (Wildman–Crippen LogP) is 4.46. The van der Waals surface area contributed by atoms with E-state index in [4.69, 9.17) is 16.1 Å². The highest BCUT2D eigenvalue weighted by Crippen LogP contribution is 2.25. The lowest BCUT2D eigenvalue weighted by Gasteiger charge is -2.36. The topological polar surface area (TPSA) is 80.3 Å². The number of hydrogen-bond acceptors (Lipinski definition) is 6. The molecule has 2 aromatic carbocycles. The van der Waals surface area contributed by atoms with Gasteiger partial charge in [0.1, 0.15) is 0 Å². The van der Waals surface area contributed by atoms with E-state index in [0.717, 1.165) is 35.6 Å². The van der Waals surface area contributed by atoms with Crippen molar-refractivity contribution in [2.45, 2.75) is 20.8 Å². The van der Waals surface area contributed by atoms with Crippen LogP contribution < -0.4 is 4.90 Å². The van der Waals surface area contributed by atoms with Gasteiger partial charge in [0.2, 0.25) is 11.7 Å². The van der Waals surface area contributed by atoms with Gasteiger partial charge in [0.25, 0.3) is 5.91 Å². The summed E-state index contributed by atoms with van der Waals surface area (Å²) in [6.45, 7) is 8.43. The molecule has 34 heavy (non-hydrogen) atoms. The van der Waals surface area contributed by atoms with Gasteiger partial charge in [-0.1, -0.05) is 35.0 Å². The van der Waals surface area contributed by atoms with Crippen LogP contribution in [0.1, 0.15) is 27.5 Å². The molecule has 1 fully saturated rings. The molecule has 174 valence electrons. The van der Waals surface area contributed by atoms with Gasteiger partial charge >= 0.3 is 0 Å². The van der Waals surface area contributed by atoms with E-state index >= 15 is 0 Å². The zero-order valence-electron chi connectivity index (χ0n) is 19.3. The average Bonchev–Trinajstić information content (AvgIpc) is 3.44. The van der Waals surface area contributed by atoms with Crippen LogP contribution in [-0.2, 0) is 0 Å². The van der Waals surface area contributed by atoms with E-state index in [1.54, 1.807) is 11.6 Å². The minimum absolute atomic E-state index is 0.00269. The molecular formula is C25H25ClN6O2. The van der Waals surface area contributed by atoms with Crippen molar-refractivity contribution in [3.8, 4) is 17.1 Å². The van der Waals surface area contributed by atoms with Crippen molar-refractivity contribution in [3.63, 3.8) is 0 Å². The molecule has 0 N–H and O–H groups in total. The number of aryl methyl sites for hydroxylation is 3. The third-order valence-corrected chi connectivity index (χ3v) is 6.35. The smallest absolute Gasteiger partial charge is 0.257 e. The first-order valence-corrected chi connectivity index (χ1v) is 11.5. The highest BCUT2D eigenvalue weighted by molar-refractivity contribution is 6.30. The molecule has 0 bridgehead atoms. The molecule has 0 aliphatic carbocycles. The molecular weight excluding hydrogens is 452 g/mol. The van der Waals surface area contributed by atoms with Crippen LogP contribution in [0.5, 0.6) is 0 Å². The summed E-state index contributed by atoms with van der Waals surface area (Å²) in [5.41, 5.74) is 5.11. The zero-order valence-corrected chi connectivity index (χ0v) is 20.1. The molecule has 0 unspecified atom stereocenters. The number of nitrogens with zero attached hydrogens (tertiary/aromatic N) is 6. The molecule has 8 nitrogen and oxygen atoms in total. The fraction of sp³-hybridized carbons (Fsp3) is 0.280. The lowest BCUT2D eigenvalue weighted by atomic mass is 10.1. The number of benzene rings is 2. The third-order valence-electron chi connectivity index (χ3n) is 6.11. The Bertz CT molecular complexity index is 1350. The lowest BCUT2D eigenvalue weighted by molar-refractivity contribution is 0.0746. The molecule has 1 saturated heterocycles. The van der Waals surface area contributed by atoms with Crippen molar-refractivity contribution in [1.29, 1.82) is 0 Å². The molecule has 2 aromatic heterocycles. The Balaban J connectivity index is 1.35. The molecule has 1 aliphatic heterocycles. The van der Waals surface area contributed by atoms with Crippen molar-refractivity contribution >= 4 is 23.2 Å². The predicted molar refractivity (Wildman–Crippen MR) is 131 cm³/mol. The second-order valence-corrected chi connectivity index (χ2v) is 8.91. The first-order chi connectivity index (χ1) is 16.4. The first kappa shape index (κ1) is 22.2. The summed E-state index contributed by atoms with van der Waals surface area (Å²) in [5.74, 6) is 1.03. The largest absolute Gasteiger partial charge is 0.368 e. The number of carbonyl (C=O) groups is 1. The summed E-state index contributed by atoms with van der Waals surface area (Å²) in [6, 6.07) is 13.7. The van der Waals surface area contributed by atoms with Crippen LogP contribution in [0.25, 0.3) is 17.1 Å². The average molecular weight is 477 g/mol. The number of rotatable bonds is 4. The molecule has 0 spiro atoms. The van der Waals surface area contributed by atoms with Crippen LogP contribution in [0, 0.1) is 20.8 Å². The van der Waals surface area contributed by atoms with Gasteiger partial charge in [0.05, 0.1) is 16.9 Å². The van der Waals surface area contributed by atoms with Gasteiger partial charge in [-0.05, 0) is 43.7 Å². The molecule has 3 heterocycles. The molecule has 1 amide bonds. The number of amides is 1. The number of hydrogen-bond donors (Lipinski definition) is 0. The standard InChI is InChI=1S/C25H25ClN6O2/c1-16-7-8-19(24-27-18(3)34-29-24)13-23(16)32-15-22(17(2)28-32)25(33)31-11-9-30(10-12-31)21-6-4-5-20(26)14-21/h4-8,13-15H,9-12H2,1-3H3. The normalized spacial score (nSPS) is 14.0. The van der Waals surface area contributed by atoms with Crippen LogP contribution in [0.2, 0.25) is 5.02 Å². The highest BCUT2D eigenvalue weighted by Gasteiger charge is 2.25. The molecule has 1 aliphatic rings. The maximum atomic E-state index is 13.3. The van der Waals surface area contributed by atoms with E-state index in [1.165, 1.54) is 0 Å². The van der Waals surface area contributed by atoms with Crippen LogP contribution in [-0.4, -0.2) is 56.9 Å². The fourth-order valence-electron chi connectivity index (χ4n) is 4.22. The van der Waals surface area contributed by atoms with Crippen LogP contribution >= 0.6 is 11.6 Å². The fourth-order valence-corrected chi connectivity index (χ4v) is 4.40. The maximum absolute atomic E-state index is 13.3. The zero-order chi connectivity index (χ0) is 23.8. The van der Waals surface area contributed by atoms with Crippen LogP contribution in [0.15, 0.2) is 53.2 Å². The summed E-state index contributed by atoms with van der Waals surface area (Å²) >= 11 is 6.14. The molecule has 4 aromatic rings. The summed E-state index contributed by atoms with van der Waals surface area (Å²) in [7, 11) is 0.